The molecular weight excluding hydrogens is 357 g/mol. The largest absolute Gasteiger partial charge is 0.390 e. The van der Waals surface area contributed by atoms with Gasteiger partial charge in [0.1, 0.15) is 0 Å². The summed E-state index contributed by atoms with van der Waals surface area (Å²) in [5, 5.41) is 0. The van der Waals surface area contributed by atoms with E-state index in [4.69, 9.17) is 0 Å². The summed E-state index contributed by atoms with van der Waals surface area (Å²) < 4.78 is 62.8. The van der Waals surface area contributed by atoms with Gasteiger partial charge in [0.15, 0.2) is 0 Å². The number of hydrogen-bond acceptors (Lipinski definition) is 3. The molecule has 0 spiro atoms. The molecule has 1 rings (SSSR count). The van der Waals surface area contributed by atoms with Crippen molar-refractivity contribution in [2.45, 2.75) is 37.4 Å². The van der Waals surface area contributed by atoms with E-state index in [9.17, 15) is 26.4 Å². The Bertz CT molecular complexity index is 711. The van der Waals surface area contributed by atoms with E-state index in [-0.39, 0.29) is 10.9 Å². The predicted octanol–water partition coefficient (Wildman–Crippen LogP) is 2.80. The van der Waals surface area contributed by atoms with Crippen LogP contribution in [0.3, 0.4) is 0 Å². The summed E-state index contributed by atoms with van der Waals surface area (Å²) in [5.74, 6) is -0.567. The first kappa shape index (κ1) is 21.2. The Hall–Kier alpha value is -1.87. The smallest absolute Gasteiger partial charge is 0.342 e. The SMILES string of the molecule is CC(C)NS(=O)(=O)c1ccc(C=CC(=O)N(C)CCC(F)(F)F)cc1. The van der Waals surface area contributed by atoms with Gasteiger partial charge in [0, 0.05) is 25.7 Å². The van der Waals surface area contributed by atoms with Gasteiger partial charge in [-0.25, -0.2) is 13.1 Å². The lowest BCUT2D eigenvalue weighted by molar-refractivity contribution is -0.142. The van der Waals surface area contributed by atoms with E-state index >= 15 is 0 Å². The molecule has 25 heavy (non-hydrogen) atoms. The molecule has 5 nitrogen and oxygen atoms in total. The third-order valence-electron chi connectivity index (χ3n) is 3.11. The number of nitrogens with one attached hydrogen (secondary N) is 1. The van der Waals surface area contributed by atoms with Gasteiger partial charge in [0.05, 0.1) is 11.3 Å². The Morgan fingerprint density at radius 2 is 1.80 bits per heavy atom. The molecule has 1 aromatic rings. The zero-order valence-electron chi connectivity index (χ0n) is 14.2. The molecule has 0 unspecified atom stereocenters. The van der Waals surface area contributed by atoms with Crippen LogP contribution in [0, 0.1) is 0 Å². The Morgan fingerprint density at radius 3 is 2.28 bits per heavy atom. The number of amides is 1. The number of alkyl halides is 3. The summed E-state index contributed by atoms with van der Waals surface area (Å²) in [5.41, 5.74) is 0.557. The van der Waals surface area contributed by atoms with Crippen LogP contribution in [0.4, 0.5) is 13.2 Å². The van der Waals surface area contributed by atoms with E-state index in [0.29, 0.717) is 5.56 Å². The molecule has 0 aliphatic rings. The van der Waals surface area contributed by atoms with Gasteiger partial charge >= 0.3 is 6.18 Å². The van der Waals surface area contributed by atoms with Gasteiger partial charge in [-0.2, -0.15) is 13.2 Å². The topological polar surface area (TPSA) is 66.5 Å². The maximum absolute atomic E-state index is 12.1. The summed E-state index contributed by atoms with van der Waals surface area (Å²) >= 11 is 0. The molecule has 1 amide bonds. The Labute approximate surface area is 145 Å². The lowest BCUT2D eigenvalue weighted by Gasteiger charge is -2.16. The molecule has 0 bridgehead atoms. The number of nitrogens with zero attached hydrogens (tertiary/aromatic N) is 1. The van der Waals surface area contributed by atoms with Crippen molar-refractivity contribution in [2.24, 2.45) is 0 Å². The highest BCUT2D eigenvalue weighted by Crippen LogP contribution is 2.19. The Kier molecular flexibility index (Phi) is 7.18. The number of sulfonamides is 1. The minimum absolute atomic E-state index is 0.0898. The first-order valence-corrected chi connectivity index (χ1v) is 9.01. The molecule has 0 saturated heterocycles. The molecule has 140 valence electrons. The number of carbonyl (C=O) groups is 1. The molecule has 0 atom stereocenters. The maximum Gasteiger partial charge on any atom is 0.390 e. The van der Waals surface area contributed by atoms with Crippen molar-refractivity contribution < 1.29 is 26.4 Å². The van der Waals surface area contributed by atoms with E-state index in [2.05, 4.69) is 4.72 Å². The monoisotopic (exact) mass is 378 g/mol. The molecular formula is C16H21F3N2O3S. The average Bonchev–Trinajstić information content (AvgIpc) is 2.48. The van der Waals surface area contributed by atoms with Crippen molar-refractivity contribution in [3.8, 4) is 0 Å². The quantitative estimate of drug-likeness (QED) is 0.742. The van der Waals surface area contributed by atoms with Crippen LogP contribution < -0.4 is 4.72 Å². The first-order valence-electron chi connectivity index (χ1n) is 7.53. The number of benzene rings is 1. The van der Waals surface area contributed by atoms with Crippen molar-refractivity contribution in [3.05, 3.63) is 35.9 Å². The minimum atomic E-state index is -4.32. The fraction of sp³-hybridized carbons (Fsp3) is 0.438. The van der Waals surface area contributed by atoms with E-state index in [0.717, 1.165) is 11.0 Å². The highest BCUT2D eigenvalue weighted by molar-refractivity contribution is 7.89. The number of carbonyl (C=O) groups excluding carboxylic acids is 1. The molecule has 0 fully saturated rings. The summed E-state index contributed by atoms with van der Waals surface area (Å²) in [6.45, 7) is 2.98. The number of hydrogen-bond donors (Lipinski definition) is 1. The first-order chi connectivity index (χ1) is 11.4. The maximum atomic E-state index is 12.1. The molecule has 0 aliphatic carbocycles. The van der Waals surface area contributed by atoms with E-state index in [1.165, 1.54) is 37.4 Å². The summed E-state index contributed by atoms with van der Waals surface area (Å²) in [7, 11) is -2.31. The predicted molar refractivity (Wildman–Crippen MR) is 89.2 cm³/mol. The van der Waals surface area contributed by atoms with E-state index in [1.807, 2.05) is 0 Å². The number of rotatable bonds is 7. The van der Waals surface area contributed by atoms with Crippen LogP contribution in [-0.2, 0) is 14.8 Å². The minimum Gasteiger partial charge on any atom is -0.342 e. The van der Waals surface area contributed by atoms with Crippen LogP contribution in [0.25, 0.3) is 6.08 Å². The molecule has 1 aromatic carbocycles. The van der Waals surface area contributed by atoms with Gasteiger partial charge in [0.2, 0.25) is 15.9 Å². The highest BCUT2D eigenvalue weighted by atomic mass is 32.2. The van der Waals surface area contributed by atoms with Gasteiger partial charge in [0.25, 0.3) is 0 Å². The molecule has 0 aromatic heterocycles. The van der Waals surface area contributed by atoms with Gasteiger partial charge in [-0.3, -0.25) is 4.79 Å². The fourth-order valence-corrected chi connectivity index (χ4v) is 3.09. The van der Waals surface area contributed by atoms with Crippen LogP contribution >= 0.6 is 0 Å². The second-order valence-corrected chi connectivity index (χ2v) is 7.52. The zero-order valence-corrected chi connectivity index (χ0v) is 15.0. The Balaban J connectivity index is 2.71. The molecule has 0 saturated carbocycles. The Morgan fingerprint density at radius 1 is 1.24 bits per heavy atom. The van der Waals surface area contributed by atoms with Crippen LogP contribution in [0.2, 0.25) is 0 Å². The van der Waals surface area contributed by atoms with Gasteiger partial charge in [-0.05, 0) is 37.6 Å². The van der Waals surface area contributed by atoms with E-state index in [1.54, 1.807) is 13.8 Å². The lowest BCUT2D eigenvalue weighted by Crippen LogP contribution is -2.30. The molecule has 9 heteroatoms. The average molecular weight is 378 g/mol. The third kappa shape index (κ3) is 7.70. The van der Waals surface area contributed by atoms with Crippen molar-refractivity contribution >= 4 is 22.0 Å². The van der Waals surface area contributed by atoms with Gasteiger partial charge in [-0.1, -0.05) is 12.1 Å². The second kappa shape index (κ2) is 8.48. The van der Waals surface area contributed by atoms with Crippen LogP contribution in [0.15, 0.2) is 35.2 Å². The summed E-state index contributed by atoms with van der Waals surface area (Å²) in [6.07, 6.45) is -2.83. The van der Waals surface area contributed by atoms with E-state index < -0.39 is 35.1 Å². The van der Waals surface area contributed by atoms with Crippen molar-refractivity contribution in [1.29, 1.82) is 0 Å². The van der Waals surface area contributed by atoms with Crippen molar-refractivity contribution in [3.63, 3.8) is 0 Å². The third-order valence-corrected chi connectivity index (χ3v) is 4.78. The normalized spacial score (nSPS) is 12.8. The standard InChI is InChI=1S/C16H21F3N2O3S/c1-12(2)20-25(23,24)14-7-4-13(5-8-14)6-9-15(22)21(3)11-10-16(17,18)19/h4-9,12,20H,10-11H2,1-3H3. The van der Waals surface area contributed by atoms with Crippen LogP contribution in [-0.4, -0.2) is 45.0 Å². The van der Waals surface area contributed by atoms with Gasteiger partial charge in [-0.15, -0.1) is 0 Å². The molecule has 0 heterocycles. The molecule has 0 aliphatic heterocycles. The second-order valence-electron chi connectivity index (χ2n) is 5.80. The summed E-state index contributed by atoms with van der Waals surface area (Å²) in [4.78, 5) is 12.8. The molecule has 0 radical (unpaired) electrons. The van der Waals surface area contributed by atoms with Crippen molar-refractivity contribution in [1.82, 2.24) is 9.62 Å². The molecule has 1 N–H and O–H groups in total. The number of halogens is 3. The van der Waals surface area contributed by atoms with Gasteiger partial charge < -0.3 is 4.90 Å². The highest BCUT2D eigenvalue weighted by Gasteiger charge is 2.27. The zero-order chi connectivity index (χ0) is 19.3. The fourth-order valence-electron chi connectivity index (χ4n) is 1.84. The lowest BCUT2D eigenvalue weighted by atomic mass is 10.2. The number of likely N-dealkylation sites (N-methyl/N-ethyl adjacent to an activating group) is 1. The van der Waals surface area contributed by atoms with Crippen LogP contribution in [0.5, 0.6) is 0 Å². The van der Waals surface area contributed by atoms with Crippen LogP contribution in [0.1, 0.15) is 25.8 Å². The summed E-state index contributed by atoms with van der Waals surface area (Å²) in [6, 6.07) is 5.56. The van der Waals surface area contributed by atoms with Crippen molar-refractivity contribution in [2.75, 3.05) is 13.6 Å².